The summed E-state index contributed by atoms with van der Waals surface area (Å²) in [4.78, 5) is 16.3. The molecular formula is C18H17Cl3N2O2. The van der Waals surface area contributed by atoms with E-state index in [2.05, 4.69) is 4.90 Å². The minimum Gasteiger partial charge on any atom is -0.482 e. The summed E-state index contributed by atoms with van der Waals surface area (Å²) in [7, 11) is 0. The van der Waals surface area contributed by atoms with E-state index in [1.54, 1.807) is 23.1 Å². The third-order valence-electron chi connectivity index (χ3n) is 4.09. The van der Waals surface area contributed by atoms with Gasteiger partial charge in [0.05, 0.1) is 15.7 Å². The van der Waals surface area contributed by atoms with E-state index in [0.717, 1.165) is 23.8 Å². The molecular weight excluding hydrogens is 383 g/mol. The first kappa shape index (κ1) is 18.2. The molecule has 3 rings (SSSR count). The van der Waals surface area contributed by atoms with Crippen molar-refractivity contribution in [1.82, 2.24) is 4.90 Å². The van der Waals surface area contributed by atoms with Gasteiger partial charge in [-0.3, -0.25) is 4.79 Å². The first-order valence-corrected chi connectivity index (χ1v) is 9.03. The molecule has 0 saturated carbocycles. The molecule has 0 spiro atoms. The van der Waals surface area contributed by atoms with Crippen LogP contribution >= 0.6 is 34.8 Å². The minimum absolute atomic E-state index is 0.0633. The van der Waals surface area contributed by atoms with Crippen LogP contribution in [0.15, 0.2) is 42.5 Å². The molecule has 2 aromatic carbocycles. The number of carbonyl (C=O) groups excluding carboxylic acids is 1. The number of amides is 1. The maximum Gasteiger partial charge on any atom is 0.260 e. The van der Waals surface area contributed by atoms with Crippen LogP contribution in [-0.4, -0.2) is 43.6 Å². The van der Waals surface area contributed by atoms with Crippen molar-refractivity contribution in [2.45, 2.75) is 0 Å². The molecule has 0 atom stereocenters. The number of anilines is 1. The van der Waals surface area contributed by atoms with E-state index in [-0.39, 0.29) is 12.5 Å². The Hall–Kier alpha value is -1.62. The first-order valence-electron chi connectivity index (χ1n) is 7.90. The van der Waals surface area contributed by atoms with Crippen molar-refractivity contribution >= 4 is 46.4 Å². The molecule has 4 nitrogen and oxygen atoms in total. The number of halogens is 3. The monoisotopic (exact) mass is 398 g/mol. The molecule has 1 aliphatic rings. The smallest absolute Gasteiger partial charge is 0.260 e. The normalized spacial score (nSPS) is 14.5. The summed E-state index contributed by atoms with van der Waals surface area (Å²) in [6.07, 6.45) is 0. The number of ether oxygens (including phenoxy) is 1. The van der Waals surface area contributed by atoms with E-state index in [1.807, 2.05) is 24.3 Å². The fraction of sp³-hybridized carbons (Fsp3) is 0.278. The summed E-state index contributed by atoms with van der Waals surface area (Å²) >= 11 is 18.2. The van der Waals surface area contributed by atoms with E-state index >= 15 is 0 Å². The number of rotatable bonds is 4. The Kier molecular flexibility index (Phi) is 5.94. The Morgan fingerprint density at radius 2 is 1.60 bits per heavy atom. The van der Waals surface area contributed by atoms with Gasteiger partial charge in [0.1, 0.15) is 10.8 Å². The number of piperazine rings is 1. The molecule has 1 amide bonds. The second kappa shape index (κ2) is 8.17. The lowest BCUT2D eigenvalue weighted by atomic mass is 10.2. The molecule has 1 aliphatic heterocycles. The summed E-state index contributed by atoms with van der Waals surface area (Å²) in [5, 5.41) is 1.45. The van der Waals surface area contributed by atoms with Gasteiger partial charge in [0.2, 0.25) is 0 Å². The highest BCUT2D eigenvalue weighted by Gasteiger charge is 2.22. The third-order valence-corrected chi connectivity index (χ3v) is 5.21. The largest absolute Gasteiger partial charge is 0.482 e. The summed E-state index contributed by atoms with van der Waals surface area (Å²) in [5.74, 6) is 0.340. The molecule has 0 unspecified atom stereocenters. The summed E-state index contributed by atoms with van der Waals surface area (Å²) in [6, 6.07) is 12.8. The second-order valence-electron chi connectivity index (χ2n) is 5.66. The van der Waals surface area contributed by atoms with Gasteiger partial charge in [0, 0.05) is 26.2 Å². The predicted molar refractivity (Wildman–Crippen MR) is 102 cm³/mol. The number of para-hydroxylation sites is 1. The van der Waals surface area contributed by atoms with Gasteiger partial charge in [-0.2, -0.15) is 0 Å². The van der Waals surface area contributed by atoms with Crippen molar-refractivity contribution in [1.29, 1.82) is 0 Å². The Bertz CT molecular complexity index is 762. The molecule has 0 N–H and O–H groups in total. The van der Waals surface area contributed by atoms with Crippen LogP contribution < -0.4 is 9.64 Å². The molecule has 1 saturated heterocycles. The van der Waals surface area contributed by atoms with E-state index in [4.69, 9.17) is 39.5 Å². The highest BCUT2D eigenvalue weighted by Crippen LogP contribution is 2.31. The van der Waals surface area contributed by atoms with Gasteiger partial charge in [0.15, 0.2) is 6.61 Å². The average Bonchev–Trinajstić information content (AvgIpc) is 2.63. The third kappa shape index (κ3) is 4.32. The first-order chi connectivity index (χ1) is 12.1. The lowest BCUT2D eigenvalue weighted by Gasteiger charge is -2.36. The van der Waals surface area contributed by atoms with Gasteiger partial charge in [-0.05, 0) is 24.3 Å². The topological polar surface area (TPSA) is 32.8 Å². The second-order valence-corrected chi connectivity index (χ2v) is 6.85. The summed E-state index contributed by atoms with van der Waals surface area (Å²) in [5.41, 5.74) is 0.998. The molecule has 1 heterocycles. The summed E-state index contributed by atoms with van der Waals surface area (Å²) in [6.45, 7) is 2.64. The number of hydrogen-bond donors (Lipinski definition) is 0. The summed E-state index contributed by atoms with van der Waals surface area (Å²) < 4.78 is 5.52. The van der Waals surface area contributed by atoms with Gasteiger partial charge in [-0.15, -0.1) is 0 Å². The molecule has 0 aromatic heterocycles. The Morgan fingerprint density at radius 3 is 2.32 bits per heavy atom. The van der Waals surface area contributed by atoms with Crippen molar-refractivity contribution in [3.05, 3.63) is 57.5 Å². The quantitative estimate of drug-likeness (QED) is 0.765. The molecule has 132 valence electrons. The highest BCUT2D eigenvalue weighted by atomic mass is 35.5. The fourth-order valence-electron chi connectivity index (χ4n) is 2.73. The maximum absolute atomic E-state index is 12.4. The van der Waals surface area contributed by atoms with Crippen LogP contribution in [0.2, 0.25) is 15.1 Å². The Morgan fingerprint density at radius 1 is 0.920 bits per heavy atom. The van der Waals surface area contributed by atoms with Crippen LogP contribution in [0, 0.1) is 0 Å². The number of benzene rings is 2. The van der Waals surface area contributed by atoms with Crippen LogP contribution in [0.4, 0.5) is 5.69 Å². The van der Waals surface area contributed by atoms with Gasteiger partial charge < -0.3 is 14.5 Å². The van der Waals surface area contributed by atoms with Crippen molar-refractivity contribution in [2.75, 3.05) is 37.7 Å². The predicted octanol–water partition coefficient (Wildman–Crippen LogP) is 4.37. The van der Waals surface area contributed by atoms with Crippen LogP contribution in [0.5, 0.6) is 5.75 Å². The zero-order valence-corrected chi connectivity index (χ0v) is 15.7. The molecule has 0 aliphatic carbocycles. The number of carbonyl (C=O) groups is 1. The Balaban J connectivity index is 1.53. The number of hydrogen-bond acceptors (Lipinski definition) is 3. The SMILES string of the molecule is O=C(COc1cccc(Cl)c1Cl)N1CCN(c2ccccc2Cl)CC1. The van der Waals surface area contributed by atoms with Crippen molar-refractivity contribution < 1.29 is 9.53 Å². The van der Waals surface area contributed by atoms with Crippen molar-refractivity contribution in [3.8, 4) is 5.75 Å². The maximum atomic E-state index is 12.4. The molecule has 25 heavy (non-hydrogen) atoms. The van der Waals surface area contributed by atoms with Gasteiger partial charge >= 0.3 is 0 Å². The van der Waals surface area contributed by atoms with Crippen molar-refractivity contribution in [2.24, 2.45) is 0 Å². The molecule has 1 fully saturated rings. The van der Waals surface area contributed by atoms with Crippen LogP contribution in [-0.2, 0) is 4.79 Å². The van der Waals surface area contributed by atoms with Gasteiger partial charge in [-0.25, -0.2) is 0 Å². The van der Waals surface area contributed by atoms with E-state index in [1.165, 1.54) is 0 Å². The van der Waals surface area contributed by atoms with E-state index in [0.29, 0.717) is 28.9 Å². The zero-order valence-electron chi connectivity index (χ0n) is 13.4. The van der Waals surface area contributed by atoms with Gasteiger partial charge in [-0.1, -0.05) is 53.0 Å². The van der Waals surface area contributed by atoms with Crippen molar-refractivity contribution in [3.63, 3.8) is 0 Å². The lowest BCUT2D eigenvalue weighted by Crippen LogP contribution is -2.50. The Labute approximate surface area is 161 Å². The average molecular weight is 400 g/mol. The highest BCUT2D eigenvalue weighted by molar-refractivity contribution is 6.42. The fourth-order valence-corrected chi connectivity index (χ4v) is 3.33. The molecule has 0 radical (unpaired) electrons. The van der Waals surface area contributed by atoms with E-state index < -0.39 is 0 Å². The lowest BCUT2D eigenvalue weighted by molar-refractivity contribution is -0.133. The molecule has 0 bridgehead atoms. The van der Waals surface area contributed by atoms with E-state index in [9.17, 15) is 4.79 Å². The number of nitrogens with zero attached hydrogens (tertiary/aromatic N) is 2. The van der Waals surface area contributed by atoms with Gasteiger partial charge in [0.25, 0.3) is 5.91 Å². The standard InChI is InChI=1S/C18H17Cl3N2O2/c19-13-4-1-2-6-15(13)22-8-10-23(11-9-22)17(24)12-25-16-7-3-5-14(20)18(16)21/h1-7H,8-12H2. The van der Waals surface area contributed by atoms with Crippen LogP contribution in [0.1, 0.15) is 0 Å². The molecule has 7 heteroatoms. The van der Waals surface area contributed by atoms with Crippen LogP contribution in [0.3, 0.4) is 0 Å². The minimum atomic E-state index is -0.0742. The zero-order chi connectivity index (χ0) is 17.8. The van der Waals surface area contributed by atoms with Crippen LogP contribution in [0.25, 0.3) is 0 Å². The molecule has 2 aromatic rings.